The number of nitrogens with zero attached hydrogens (tertiary/aromatic N) is 4. The highest BCUT2D eigenvalue weighted by molar-refractivity contribution is 7.13. The Balaban J connectivity index is 1.45. The first kappa shape index (κ1) is 20.2. The number of carbonyl (C=O) groups is 1. The molecule has 1 aromatic carbocycles. The van der Waals surface area contributed by atoms with E-state index in [4.69, 9.17) is 9.47 Å². The van der Waals surface area contributed by atoms with Crippen molar-refractivity contribution in [2.24, 2.45) is 0 Å². The van der Waals surface area contributed by atoms with Crippen LogP contribution in [0.3, 0.4) is 0 Å². The van der Waals surface area contributed by atoms with E-state index >= 15 is 0 Å². The van der Waals surface area contributed by atoms with E-state index in [1.165, 1.54) is 11.3 Å². The van der Waals surface area contributed by atoms with Gasteiger partial charge in [0.05, 0.1) is 32.4 Å². The molecule has 1 fully saturated rings. The number of anilines is 2. The number of amides is 1. The minimum absolute atomic E-state index is 0.0661. The van der Waals surface area contributed by atoms with Crippen molar-refractivity contribution in [3.8, 4) is 5.75 Å². The van der Waals surface area contributed by atoms with E-state index in [-0.39, 0.29) is 12.0 Å². The zero-order chi connectivity index (χ0) is 20.9. The minimum Gasteiger partial charge on any atom is -0.497 e. The van der Waals surface area contributed by atoms with E-state index in [2.05, 4.69) is 20.5 Å². The quantitative estimate of drug-likeness (QED) is 0.649. The zero-order valence-corrected chi connectivity index (χ0v) is 17.7. The maximum atomic E-state index is 12.9. The molecule has 2 aromatic heterocycles. The molecule has 0 spiro atoms. The van der Waals surface area contributed by atoms with Crippen molar-refractivity contribution in [3.05, 3.63) is 58.9 Å². The predicted molar refractivity (Wildman–Crippen MR) is 114 cm³/mol. The van der Waals surface area contributed by atoms with Crippen LogP contribution in [-0.4, -0.2) is 52.8 Å². The Kier molecular flexibility index (Phi) is 6.20. The van der Waals surface area contributed by atoms with E-state index in [1.807, 2.05) is 48.2 Å². The molecule has 0 radical (unpaired) electrons. The summed E-state index contributed by atoms with van der Waals surface area (Å²) in [6.45, 7) is 3.45. The maximum Gasteiger partial charge on any atom is 0.227 e. The third-order valence-corrected chi connectivity index (χ3v) is 5.43. The second-order valence-electron chi connectivity index (χ2n) is 7.02. The van der Waals surface area contributed by atoms with Crippen LogP contribution in [0.1, 0.15) is 23.1 Å². The Labute approximate surface area is 178 Å². The summed E-state index contributed by atoms with van der Waals surface area (Å²) in [6.07, 6.45) is 0.0533. The number of aromatic nitrogens is 3. The number of rotatable bonds is 6. The summed E-state index contributed by atoms with van der Waals surface area (Å²) in [7, 11) is 1.62. The van der Waals surface area contributed by atoms with Crippen LogP contribution >= 0.6 is 11.3 Å². The van der Waals surface area contributed by atoms with Gasteiger partial charge in [-0.3, -0.25) is 9.78 Å². The van der Waals surface area contributed by atoms with Gasteiger partial charge < -0.3 is 19.7 Å². The van der Waals surface area contributed by atoms with Gasteiger partial charge in [-0.1, -0.05) is 23.5 Å². The molecule has 9 heteroatoms. The number of ether oxygens (including phenoxy) is 2. The molecule has 4 rings (SSSR count). The highest BCUT2D eigenvalue weighted by atomic mass is 32.1. The van der Waals surface area contributed by atoms with Crippen LogP contribution in [0.15, 0.2) is 41.9 Å². The van der Waals surface area contributed by atoms with E-state index in [1.54, 1.807) is 12.6 Å². The van der Waals surface area contributed by atoms with Gasteiger partial charge in [0.15, 0.2) is 0 Å². The molecule has 30 heavy (non-hydrogen) atoms. The van der Waals surface area contributed by atoms with Crippen molar-refractivity contribution in [2.75, 3.05) is 32.1 Å². The molecule has 1 N–H and O–H groups in total. The standard InChI is InChI=1S/C21H23N5O3S/c1-14-8-16(24-21-25-22-13-30-21)11-18(23-14)19-12-26(6-7-29-19)20(27)10-15-4-3-5-17(9-15)28-2/h3-5,8-9,11,13,19H,6-7,10,12H2,1-2H3,(H,23,24,25). The van der Waals surface area contributed by atoms with Crippen LogP contribution in [0, 0.1) is 6.92 Å². The average Bonchev–Trinajstić information content (AvgIpc) is 3.26. The van der Waals surface area contributed by atoms with Gasteiger partial charge in [0.1, 0.15) is 17.4 Å². The van der Waals surface area contributed by atoms with E-state index in [0.29, 0.717) is 31.2 Å². The van der Waals surface area contributed by atoms with Crippen molar-refractivity contribution in [2.45, 2.75) is 19.4 Å². The largest absolute Gasteiger partial charge is 0.497 e. The summed E-state index contributed by atoms with van der Waals surface area (Å²) < 4.78 is 11.2. The summed E-state index contributed by atoms with van der Waals surface area (Å²) in [4.78, 5) is 19.4. The van der Waals surface area contributed by atoms with Gasteiger partial charge in [-0.05, 0) is 36.8 Å². The van der Waals surface area contributed by atoms with Crippen molar-refractivity contribution < 1.29 is 14.3 Å². The number of methoxy groups -OCH3 is 1. The number of benzene rings is 1. The Morgan fingerprint density at radius 3 is 3.07 bits per heavy atom. The van der Waals surface area contributed by atoms with Crippen LogP contribution in [0.4, 0.5) is 10.8 Å². The first-order valence-corrected chi connectivity index (χ1v) is 10.5. The molecule has 8 nitrogen and oxygen atoms in total. The Hall–Kier alpha value is -3.04. The van der Waals surface area contributed by atoms with Crippen LogP contribution in [0.25, 0.3) is 0 Å². The van der Waals surface area contributed by atoms with Gasteiger partial charge >= 0.3 is 0 Å². The maximum absolute atomic E-state index is 12.9. The van der Waals surface area contributed by atoms with Crippen molar-refractivity contribution in [1.29, 1.82) is 0 Å². The van der Waals surface area contributed by atoms with E-state index in [0.717, 1.165) is 28.4 Å². The molecule has 1 saturated heterocycles. The zero-order valence-electron chi connectivity index (χ0n) is 16.9. The number of carbonyl (C=O) groups excluding carboxylic acids is 1. The Bertz CT molecular complexity index is 1010. The van der Waals surface area contributed by atoms with Gasteiger partial charge in [-0.15, -0.1) is 10.2 Å². The Morgan fingerprint density at radius 2 is 2.27 bits per heavy atom. The molecule has 0 bridgehead atoms. The molecule has 1 amide bonds. The number of hydrogen-bond acceptors (Lipinski definition) is 8. The molecule has 3 heterocycles. The molecule has 156 valence electrons. The van der Waals surface area contributed by atoms with Crippen LogP contribution in [-0.2, 0) is 16.0 Å². The summed E-state index contributed by atoms with van der Waals surface area (Å²) in [5, 5.41) is 11.8. The number of aryl methyl sites for hydroxylation is 1. The monoisotopic (exact) mass is 425 g/mol. The first-order valence-electron chi connectivity index (χ1n) is 9.65. The SMILES string of the molecule is COc1cccc(CC(=O)N2CCOC(c3cc(Nc4nncs4)cc(C)n3)C2)c1. The number of pyridine rings is 1. The molecule has 1 atom stereocenters. The summed E-state index contributed by atoms with van der Waals surface area (Å²) in [6, 6.07) is 11.5. The molecular formula is C21H23N5O3S. The number of morpholine rings is 1. The van der Waals surface area contributed by atoms with Gasteiger partial charge in [0.2, 0.25) is 11.0 Å². The topological polar surface area (TPSA) is 89.5 Å². The molecule has 1 aliphatic heterocycles. The smallest absolute Gasteiger partial charge is 0.227 e. The lowest BCUT2D eigenvalue weighted by atomic mass is 10.1. The number of nitrogens with one attached hydrogen (secondary N) is 1. The van der Waals surface area contributed by atoms with Gasteiger partial charge in [0.25, 0.3) is 0 Å². The minimum atomic E-state index is -0.275. The fraction of sp³-hybridized carbons (Fsp3) is 0.333. The van der Waals surface area contributed by atoms with E-state index in [9.17, 15) is 4.79 Å². The lowest BCUT2D eigenvalue weighted by Gasteiger charge is -2.33. The second-order valence-corrected chi connectivity index (χ2v) is 7.85. The molecule has 0 aliphatic carbocycles. The summed E-state index contributed by atoms with van der Waals surface area (Å²) in [5.41, 5.74) is 5.13. The van der Waals surface area contributed by atoms with Gasteiger partial charge in [0, 0.05) is 17.9 Å². The normalized spacial score (nSPS) is 16.3. The fourth-order valence-corrected chi connectivity index (χ4v) is 3.87. The van der Waals surface area contributed by atoms with Crippen LogP contribution in [0.5, 0.6) is 5.75 Å². The summed E-state index contributed by atoms with van der Waals surface area (Å²) >= 11 is 1.43. The van der Waals surface area contributed by atoms with Gasteiger partial charge in [-0.2, -0.15) is 0 Å². The Morgan fingerprint density at radius 1 is 1.37 bits per heavy atom. The van der Waals surface area contributed by atoms with Gasteiger partial charge in [-0.25, -0.2) is 0 Å². The van der Waals surface area contributed by atoms with Crippen molar-refractivity contribution >= 4 is 28.1 Å². The molecule has 3 aromatic rings. The van der Waals surface area contributed by atoms with Crippen molar-refractivity contribution in [1.82, 2.24) is 20.1 Å². The second kappa shape index (κ2) is 9.19. The third kappa shape index (κ3) is 4.92. The van der Waals surface area contributed by atoms with Crippen LogP contribution < -0.4 is 10.1 Å². The predicted octanol–water partition coefficient (Wildman–Crippen LogP) is 3.14. The lowest BCUT2D eigenvalue weighted by Crippen LogP contribution is -2.43. The molecule has 1 unspecified atom stereocenters. The first-order chi connectivity index (χ1) is 14.6. The fourth-order valence-electron chi connectivity index (χ4n) is 3.41. The molecule has 0 saturated carbocycles. The lowest BCUT2D eigenvalue weighted by molar-refractivity contribution is -0.138. The molecular weight excluding hydrogens is 402 g/mol. The third-order valence-electron chi connectivity index (χ3n) is 4.82. The van der Waals surface area contributed by atoms with E-state index < -0.39 is 0 Å². The summed E-state index contributed by atoms with van der Waals surface area (Å²) in [5.74, 6) is 0.816. The average molecular weight is 426 g/mol. The van der Waals surface area contributed by atoms with Crippen molar-refractivity contribution in [3.63, 3.8) is 0 Å². The van der Waals surface area contributed by atoms with Crippen LogP contribution in [0.2, 0.25) is 0 Å². The molecule has 1 aliphatic rings. The highest BCUT2D eigenvalue weighted by Gasteiger charge is 2.27. The highest BCUT2D eigenvalue weighted by Crippen LogP contribution is 2.26. The number of hydrogen-bond donors (Lipinski definition) is 1.